The zero-order valence-electron chi connectivity index (χ0n) is 14.1. The first kappa shape index (κ1) is 20.7. The van der Waals surface area contributed by atoms with Gasteiger partial charge in [-0.2, -0.15) is 0 Å². The molecule has 0 saturated carbocycles. The summed E-state index contributed by atoms with van der Waals surface area (Å²) in [5.74, 6) is -0.439. The third kappa shape index (κ3) is 5.49. The molecule has 0 spiro atoms. The van der Waals surface area contributed by atoms with Crippen molar-refractivity contribution in [2.45, 2.75) is 37.4 Å². The Morgan fingerprint density at radius 1 is 0.577 bits per heavy atom. The van der Waals surface area contributed by atoms with Gasteiger partial charge in [0.15, 0.2) is 29.5 Å². The summed E-state index contributed by atoms with van der Waals surface area (Å²) >= 11 is 0. The van der Waals surface area contributed by atoms with Crippen LogP contribution in [0.2, 0.25) is 0 Å². The van der Waals surface area contributed by atoms with E-state index in [4.69, 9.17) is 0 Å². The van der Waals surface area contributed by atoms with Gasteiger partial charge in [-0.15, -0.1) is 0 Å². The molecule has 3 heterocycles. The smallest absolute Gasteiger partial charge is 0.271 e. The fraction of sp³-hybridized carbons (Fsp3) is 1.00. The van der Waals surface area contributed by atoms with Crippen LogP contribution in [0.15, 0.2) is 0 Å². The van der Waals surface area contributed by atoms with Gasteiger partial charge < -0.3 is 0 Å². The van der Waals surface area contributed by atoms with Crippen LogP contribution >= 0.6 is 7.59 Å². The van der Waals surface area contributed by atoms with Crippen LogP contribution in [0.3, 0.4) is 0 Å². The first-order valence-electron chi connectivity index (χ1n) is 8.40. The van der Waals surface area contributed by atoms with E-state index in [1.807, 2.05) is 0 Å². The van der Waals surface area contributed by atoms with E-state index in [1.165, 1.54) is 0 Å². The number of rotatable bonds is 6. The second-order valence-corrected chi connectivity index (χ2v) is 16.0. The summed E-state index contributed by atoms with van der Waals surface area (Å²) < 4.78 is 83.3. The molecule has 0 bridgehead atoms. The van der Waals surface area contributed by atoms with E-state index >= 15 is 0 Å². The van der Waals surface area contributed by atoms with Crippen LogP contribution in [0.4, 0.5) is 0 Å². The lowest BCUT2D eigenvalue weighted by Gasteiger charge is -2.29. The van der Waals surface area contributed by atoms with E-state index in [-0.39, 0.29) is 34.5 Å². The van der Waals surface area contributed by atoms with Crippen LogP contribution in [0.25, 0.3) is 0 Å². The van der Waals surface area contributed by atoms with Gasteiger partial charge in [-0.1, -0.05) is 0 Å². The average Bonchev–Trinajstić information content (AvgIpc) is 3.07. The molecule has 3 fully saturated rings. The van der Waals surface area contributed by atoms with Crippen molar-refractivity contribution < 1.29 is 29.8 Å². The van der Waals surface area contributed by atoms with Gasteiger partial charge in [0.2, 0.25) is 0 Å². The van der Waals surface area contributed by atoms with Crippen molar-refractivity contribution in [2.24, 2.45) is 0 Å². The highest BCUT2D eigenvalue weighted by Crippen LogP contribution is 2.37. The van der Waals surface area contributed by atoms with Gasteiger partial charge >= 0.3 is 0 Å². The summed E-state index contributed by atoms with van der Waals surface area (Å²) in [4.78, 5) is 0. The van der Waals surface area contributed by atoms with Gasteiger partial charge in [-0.3, -0.25) is 4.57 Å². The van der Waals surface area contributed by atoms with Crippen molar-refractivity contribution in [3.63, 3.8) is 0 Å². The SMILES string of the molecule is O=P(N[C@@H]1CCS(=O)(=O)C1)(N[C@@H]1CCS(=O)(=O)C1)N[C@@H]1CCS(=O)(=O)C1. The molecule has 3 aliphatic heterocycles. The Bertz CT molecular complexity index is 797. The van der Waals surface area contributed by atoms with E-state index in [2.05, 4.69) is 15.3 Å². The molecule has 3 saturated heterocycles. The Kier molecular flexibility index (Phi) is 5.64. The maximum absolute atomic E-state index is 13.4. The van der Waals surface area contributed by atoms with E-state index in [0.717, 1.165) is 0 Å². The lowest BCUT2D eigenvalue weighted by Crippen LogP contribution is -2.45. The molecule has 3 atom stereocenters. The van der Waals surface area contributed by atoms with E-state index < -0.39 is 55.2 Å². The Morgan fingerprint density at radius 3 is 1.04 bits per heavy atom. The van der Waals surface area contributed by atoms with Crippen molar-refractivity contribution in [3.8, 4) is 0 Å². The van der Waals surface area contributed by atoms with Crippen LogP contribution in [0, 0.1) is 0 Å². The molecule has 26 heavy (non-hydrogen) atoms. The summed E-state index contributed by atoms with van der Waals surface area (Å²) in [7, 11) is -13.2. The molecule has 0 aromatic heterocycles. The quantitative estimate of drug-likeness (QED) is 0.405. The van der Waals surface area contributed by atoms with Gasteiger partial charge in [-0.05, 0) is 19.3 Å². The third-order valence-corrected chi connectivity index (χ3v) is 12.3. The number of hydrogen-bond acceptors (Lipinski definition) is 7. The monoisotopic (exact) mass is 449 g/mol. The predicted molar refractivity (Wildman–Crippen MR) is 98.2 cm³/mol. The number of hydrogen-bond donors (Lipinski definition) is 3. The first-order valence-corrected chi connectivity index (χ1v) is 15.6. The summed E-state index contributed by atoms with van der Waals surface area (Å²) in [6.45, 7) is 0. The highest BCUT2D eigenvalue weighted by Gasteiger charge is 2.40. The number of sulfone groups is 3. The molecular weight excluding hydrogens is 425 g/mol. The maximum Gasteiger partial charge on any atom is 0.279 e. The molecule has 0 amide bonds. The molecule has 0 aliphatic carbocycles. The Hall–Kier alpha value is -0.0400. The molecular formula is C12H24N3O7PS3. The zero-order valence-corrected chi connectivity index (χ0v) is 17.5. The van der Waals surface area contributed by atoms with Crippen molar-refractivity contribution in [1.82, 2.24) is 15.3 Å². The molecule has 3 N–H and O–H groups in total. The molecule has 0 unspecified atom stereocenters. The molecule has 14 heteroatoms. The minimum atomic E-state index is -3.58. The molecule has 0 aromatic rings. The fourth-order valence-electron chi connectivity index (χ4n) is 3.57. The van der Waals surface area contributed by atoms with Gasteiger partial charge in [0, 0.05) is 18.1 Å². The molecule has 10 nitrogen and oxygen atoms in total. The summed E-state index contributed by atoms with van der Waals surface area (Å²) in [5, 5.41) is 8.46. The maximum atomic E-state index is 13.4. The Balaban J connectivity index is 1.73. The van der Waals surface area contributed by atoms with Gasteiger partial charge in [0.1, 0.15) is 0 Å². The highest BCUT2D eigenvalue weighted by molar-refractivity contribution is 7.92. The predicted octanol–water partition coefficient (Wildman–Crippen LogP) is -1.58. The van der Waals surface area contributed by atoms with Gasteiger partial charge in [0.25, 0.3) is 7.59 Å². The lowest BCUT2D eigenvalue weighted by molar-refractivity contribution is 0.500. The third-order valence-electron chi connectivity index (χ3n) is 4.79. The first-order chi connectivity index (χ1) is 11.9. The van der Waals surface area contributed by atoms with Crippen molar-refractivity contribution in [1.29, 1.82) is 0 Å². The van der Waals surface area contributed by atoms with Crippen LogP contribution in [0.5, 0.6) is 0 Å². The molecule has 3 aliphatic rings. The lowest BCUT2D eigenvalue weighted by atomic mass is 10.3. The van der Waals surface area contributed by atoms with E-state index in [1.54, 1.807) is 0 Å². The standard InChI is InChI=1S/C12H24N3O7PS3/c16-23(13-10-1-4-24(17,18)7-10,14-11-2-5-25(19,20)8-11)15-12-3-6-26(21,22)9-12/h10-12H,1-9H2,(H3,13,14,15,16)/t10-,11-,12-/m1/s1. The van der Waals surface area contributed by atoms with E-state index in [0.29, 0.717) is 19.3 Å². The van der Waals surface area contributed by atoms with E-state index in [9.17, 15) is 29.8 Å². The second-order valence-electron chi connectivity index (χ2n) is 7.30. The summed E-state index contributed by atoms with van der Waals surface area (Å²) in [5.41, 5.74) is 0. The zero-order chi connectivity index (χ0) is 19.2. The molecule has 152 valence electrons. The molecule has 3 rings (SSSR count). The second kappa shape index (κ2) is 7.09. The number of nitrogens with one attached hydrogen (secondary N) is 3. The van der Waals surface area contributed by atoms with Gasteiger partial charge in [-0.25, -0.2) is 40.5 Å². The van der Waals surface area contributed by atoms with Crippen molar-refractivity contribution in [3.05, 3.63) is 0 Å². The van der Waals surface area contributed by atoms with Crippen LogP contribution < -0.4 is 15.3 Å². The van der Waals surface area contributed by atoms with Crippen LogP contribution in [-0.2, 0) is 34.1 Å². The highest BCUT2D eigenvalue weighted by atomic mass is 32.2. The van der Waals surface area contributed by atoms with Crippen molar-refractivity contribution in [2.75, 3.05) is 34.5 Å². The topological polar surface area (TPSA) is 156 Å². The Morgan fingerprint density at radius 2 is 0.846 bits per heavy atom. The minimum Gasteiger partial charge on any atom is -0.271 e. The fourth-order valence-corrected chi connectivity index (χ4v) is 11.4. The molecule has 0 aromatic carbocycles. The summed E-state index contributed by atoms with van der Waals surface area (Å²) in [6.07, 6.45) is 0.921. The molecule has 0 radical (unpaired) electrons. The van der Waals surface area contributed by atoms with Crippen LogP contribution in [-0.4, -0.2) is 77.9 Å². The normalized spacial score (nSPS) is 35.6. The van der Waals surface area contributed by atoms with Crippen molar-refractivity contribution >= 4 is 37.1 Å². The summed E-state index contributed by atoms with van der Waals surface area (Å²) in [6, 6.07) is -1.58. The Labute approximate surface area is 154 Å². The van der Waals surface area contributed by atoms with Crippen LogP contribution in [0.1, 0.15) is 19.3 Å². The largest absolute Gasteiger partial charge is 0.279 e. The minimum absolute atomic E-state index is 0.000280. The average molecular weight is 450 g/mol. The van der Waals surface area contributed by atoms with Gasteiger partial charge in [0.05, 0.1) is 34.5 Å².